The lowest BCUT2D eigenvalue weighted by Crippen LogP contribution is -2.46. The fourth-order valence-electron chi connectivity index (χ4n) is 3.02. The van der Waals surface area contributed by atoms with Crippen LogP contribution in [-0.4, -0.2) is 60.5 Å². The number of halogens is 1. The summed E-state index contributed by atoms with van der Waals surface area (Å²) in [7, 11) is 0. The summed E-state index contributed by atoms with van der Waals surface area (Å²) < 4.78 is 0. The summed E-state index contributed by atoms with van der Waals surface area (Å²) in [6.07, 6.45) is 0.938. The summed E-state index contributed by atoms with van der Waals surface area (Å²) in [5.41, 5.74) is 1.22. The summed E-state index contributed by atoms with van der Waals surface area (Å²) >= 11 is 5.91. The van der Waals surface area contributed by atoms with Crippen LogP contribution < -0.4 is 10.6 Å². The maximum Gasteiger partial charge on any atom is 0.315 e. The highest BCUT2D eigenvalue weighted by molar-refractivity contribution is 6.30. The van der Waals surface area contributed by atoms with Crippen LogP contribution in [0.3, 0.4) is 0 Å². The van der Waals surface area contributed by atoms with Gasteiger partial charge in [0.05, 0.1) is 0 Å². The van der Waals surface area contributed by atoms with Gasteiger partial charge >= 0.3 is 6.03 Å². The zero-order valence-electron chi connectivity index (χ0n) is 12.9. The molecule has 0 aromatic heterocycles. The van der Waals surface area contributed by atoms with E-state index >= 15 is 0 Å². The van der Waals surface area contributed by atoms with Gasteiger partial charge in [0.1, 0.15) is 6.04 Å². The molecule has 6 nitrogen and oxygen atoms in total. The second kappa shape index (κ2) is 7.19. The van der Waals surface area contributed by atoms with E-state index in [-0.39, 0.29) is 11.9 Å². The summed E-state index contributed by atoms with van der Waals surface area (Å²) in [6.45, 7) is 4.47. The van der Waals surface area contributed by atoms with Crippen molar-refractivity contribution in [2.45, 2.75) is 19.0 Å². The summed E-state index contributed by atoms with van der Waals surface area (Å²) in [4.78, 5) is 27.8. The molecule has 2 heterocycles. The van der Waals surface area contributed by atoms with Gasteiger partial charge in [0.25, 0.3) is 0 Å². The first-order chi connectivity index (χ1) is 11.1. The Hall–Kier alpha value is -1.79. The van der Waals surface area contributed by atoms with Gasteiger partial charge < -0.3 is 15.5 Å². The Morgan fingerprint density at radius 3 is 2.65 bits per heavy atom. The first-order valence-electron chi connectivity index (χ1n) is 7.92. The molecule has 1 atom stereocenters. The molecule has 0 radical (unpaired) electrons. The quantitative estimate of drug-likeness (QED) is 0.867. The predicted molar refractivity (Wildman–Crippen MR) is 88.2 cm³/mol. The number of carbonyl (C=O) groups is 2. The summed E-state index contributed by atoms with van der Waals surface area (Å²) in [5, 5.41) is 6.04. The van der Waals surface area contributed by atoms with E-state index in [1.165, 1.54) is 5.56 Å². The van der Waals surface area contributed by atoms with Crippen molar-refractivity contribution < 1.29 is 9.59 Å². The van der Waals surface area contributed by atoms with E-state index in [0.29, 0.717) is 13.1 Å². The van der Waals surface area contributed by atoms with E-state index in [1.54, 1.807) is 0 Å². The molecule has 0 aliphatic carbocycles. The molecular formula is C16H21ClN4O2. The Kier molecular flexibility index (Phi) is 5.03. The van der Waals surface area contributed by atoms with Crippen LogP contribution in [0, 0.1) is 0 Å². The second-order valence-electron chi connectivity index (χ2n) is 5.99. The van der Waals surface area contributed by atoms with Gasteiger partial charge in [0.15, 0.2) is 0 Å². The predicted octanol–water partition coefficient (Wildman–Crippen LogP) is 1.06. The van der Waals surface area contributed by atoms with Crippen LogP contribution in [-0.2, 0) is 11.3 Å². The Balaban J connectivity index is 1.53. The Labute approximate surface area is 140 Å². The smallest absolute Gasteiger partial charge is 0.315 e. The van der Waals surface area contributed by atoms with Gasteiger partial charge in [0, 0.05) is 44.3 Å². The normalized spacial score (nSPS) is 22.4. The van der Waals surface area contributed by atoms with Crippen LogP contribution in [0.15, 0.2) is 24.3 Å². The van der Waals surface area contributed by atoms with Crippen LogP contribution >= 0.6 is 11.6 Å². The zero-order valence-corrected chi connectivity index (χ0v) is 13.7. The monoisotopic (exact) mass is 336 g/mol. The standard InChI is InChI=1S/C16H21ClN4O2/c17-13-4-2-12(3-5-13)11-20-6-1-7-21(9-8-20)15(22)14-10-18-16(23)19-14/h2-5,14H,1,6-11H2,(H2,18,19,23)/t14-/m0/s1. The minimum Gasteiger partial charge on any atom is -0.340 e. The Bertz CT molecular complexity index is 578. The topological polar surface area (TPSA) is 64.7 Å². The number of rotatable bonds is 3. The highest BCUT2D eigenvalue weighted by Gasteiger charge is 2.31. The molecule has 23 heavy (non-hydrogen) atoms. The van der Waals surface area contributed by atoms with Crippen LogP contribution in [0.5, 0.6) is 0 Å². The van der Waals surface area contributed by atoms with Crippen LogP contribution in [0.2, 0.25) is 5.02 Å². The number of nitrogens with zero attached hydrogens (tertiary/aromatic N) is 2. The number of amides is 3. The highest BCUT2D eigenvalue weighted by Crippen LogP contribution is 2.13. The van der Waals surface area contributed by atoms with Crippen molar-refractivity contribution in [3.63, 3.8) is 0 Å². The van der Waals surface area contributed by atoms with Gasteiger partial charge in [-0.3, -0.25) is 9.69 Å². The van der Waals surface area contributed by atoms with Gasteiger partial charge in [-0.1, -0.05) is 23.7 Å². The minimum atomic E-state index is -0.426. The highest BCUT2D eigenvalue weighted by atomic mass is 35.5. The number of carbonyl (C=O) groups excluding carboxylic acids is 2. The Morgan fingerprint density at radius 1 is 1.17 bits per heavy atom. The molecule has 3 rings (SSSR count). The Morgan fingerprint density at radius 2 is 1.96 bits per heavy atom. The molecule has 124 valence electrons. The lowest BCUT2D eigenvalue weighted by Gasteiger charge is -2.24. The van der Waals surface area contributed by atoms with Gasteiger partial charge in [-0.15, -0.1) is 0 Å². The SMILES string of the molecule is O=C1NC[C@@H](C(=O)N2CCCN(Cc3ccc(Cl)cc3)CC2)N1. The molecule has 0 unspecified atom stereocenters. The van der Waals surface area contributed by atoms with E-state index in [4.69, 9.17) is 11.6 Å². The zero-order chi connectivity index (χ0) is 16.2. The first-order valence-corrected chi connectivity index (χ1v) is 8.29. The van der Waals surface area contributed by atoms with E-state index in [2.05, 4.69) is 15.5 Å². The largest absolute Gasteiger partial charge is 0.340 e. The minimum absolute atomic E-state index is 0.0108. The van der Waals surface area contributed by atoms with Gasteiger partial charge in [-0.25, -0.2) is 4.79 Å². The molecule has 2 N–H and O–H groups in total. The van der Waals surface area contributed by atoms with Crippen LogP contribution in [0.1, 0.15) is 12.0 Å². The van der Waals surface area contributed by atoms with Gasteiger partial charge in [0.2, 0.25) is 5.91 Å². The molecule has 0 bridgehead atoms. The van der Waals surface area contributed by atoms with E-state index < -0.39 is 6.04 Å². The fourth-order valence-corrected chi connectivity index (χ4v) is 3.15. The summed E-state index contributed by atoms with van der Waals surface area (Å²) in [5.74, 6) is 0.0108. The third kappa shape index (κ3) is 4.14. The molecule has 2 aliphatic heterocycles. The summed E-state index contributed by atoms with van der Waals surface area (Å²) in [6, 6.07) is 7.19. The lowest BCUT2D eigenvalue weighted by molar-refractivity contribution is -0.132. The molecule has 2 saturated heterocycles. The number of hydrogen-bond donors (Lipinski definition) is 2. The van der Waals surface area contributed by atoms with Crippen molar-refractivity contribution in [2.75, 3.05) is 32.7 Å². The lowest BCUT2D eigenvalue weighted by atomic mass is 10.2. The molecule has 2 fully saturated rings. The van der Waals surface area contributed by atoms with E-state index in [0.717, 1.165) is 37.6 Å². The van der Waals surface area contributed by atoms with Crippen molar-refractivity contribution >= 4 is 23.5 Å². The average molecular weight is 337 g/mol. The molecule has 1 aromatic rings. The first kappa shape index (κ1) is 16.1. The average Bonchev–Trinajstić information content (AvgIpc) is 2.84. The molecular weight excluding hydrogens is 316 g/mol. The maximum atomic E-state index is 12.4. The van der Waals surface area contributed by atoms with E-state index in [9.17, 15) is 9.59 Å². The van der Waals surface area contributed by atoms with Gasteiger partial charge in [-0.05, 0) is 24.1 Å². The molecule has 1 aromatic carbocycles. The number of hydrogen-bond acceptors (Lipinski definition) is 3. The number of nitrogens with one attached hydrogen (secondary N) is 2. The van der Waals surface area contributed by atoms with Crippen molar-refractivity contribution in [2.24, 2.45) is 0 Å². The fraction of sp³-hybridized carbons (Fsp3) is 0.500. The van der Waals surface area contributed by atoms with Gasteiger partial charge in [-0.2, -0.15) is 0 Å². The van der Waals surface area contributed by atoms with Crippen LogP contribution in [0.4, 0.5) is 4.79 Å². The second-order valence-corrected chi connectivity index (χ2v) is 6.42. The van der Waals surface area contributed by atoms with Crippen molar-refractivity contribution in [1.82, 2.24) is 20.4 Å². The molecule has 2 aliphatic rings. The third-order valence-electron chi connectivity index (χ3n) is 4.29. The van der Waals surface area contributed by atoms with Crippen molar-refractivity contribution in [1.29, 1.82) is 0 Å². The molecule has 0 saturated carbocycles. The number of urea groups is 1. The molecule has 3 amide bonds. The third-order valence-corrected chi connectivity index (χ3v) is 4.54. The van der Waals surface area contributed by atoms with Crippen molar-refractivity contribution in [3.05, 3.63) is 34.9 Å². The molecule has 0 spiro atoms. The van der Waals surface area contributed by atoms with Crippen LogP contribution in [0.25, 0.3) is 0 Å². The van der Waals surface area contributed by atoms with Crippen molar-refractivity contribution in [3.8, 4) is 0 Å². The number of benzene rings is 1. The maximum absolute atomic E-state index is 12.4. The molecule has 7 heteroatoms. The van der Waals surface area contributed by atoms with E-state index in [1.807, 2.05) is 29.2 Å².